The highest BCUT2D eigenvalue weighted by Gasteiger charge is 2.32. The van der Waals surface area contributed by atoms with Crippen LogP contribution in [0.4, 0.5) is 23.8 Å². The second kappa shape index (κ2) is 6.55. The number of piperidine rings is 1. The largest absolute Gasteiger partial charge is 0.408 e. The maximum atomic E-state index is 12.3. The fourth-order valence-electron chi connectivity index (χ4n) is 2.66. The number of nitrogens with zero attached hydrogens (tertiary/aromatic N) is 3. The zero-order valence-corrected chi connectivity index (χ0v) is 12.2. The molecule has 0 spiro atoms. The van der Waals surface area contributed by atoms with Gasteiger partial charge in [0, 0.05) is 18.8 Å². The van der Waals surface area contributed by atoms with E-state index in [0.29, 0.717) is 6.54 Å². The van der Waals surface area contributed by atoms with E-state index < -0.39 is 18.8 Å². The molecular weight excluding hydrogens is 301 g/mol. The number of aliphatic hydroxyl groups is 1. The van der Waals surface area contributed by atoms with Crippen molar-refractivity contribution in [3.8, 4) is 0 Å². The molecule has 0 aliphatic carbocycles. The Morgan fingerprint density at radius 2 is 2.27 bits per heavy atom. The predicted octanol–water partition coefficient (Wildman–Crippen LogP) is 2.07. The van der Waals surface area contributed by atoms with E-state index in [4.69, 9.17) is 0 Å². The van der Waals surface area contributed by atoms with Crippen molar-refractivity contribution in [2.75, 3.05) is 18.5 Å². The zero-order valence-electron chi connectivity index (χ0n) is 12.2. The van der Waals surface area contributed by atoms with E-state index in [2.05, 4.69) is 10.4 Å². The molecular formula is C13H19F3N4O2. The molecule has 2 rings (SSSR count). The third kappa shape index (κ3) is 4.12. The minimum Gasteiger partial charge on any atom is -0.394 e. The maximum absolute atomic E-state index is 12.3. The molecule has 0 radical (unpaired) electrons. The highest BCUT2D eigenvalue weighted by atomic mass is 19.4. The van der Waals surface area contributed by atoms with Gasteiger partial charge in [0.2, 0.25) is 0 Å². The van der Waals surface area contributed by atoms with Gasteiger partial charge in [-0.15, -0.1) is 0 Å². The molecule has 9 heteroatoms. The average molecular weight is 320 g/mol. The number of anilines is 1. The molecule has 1 fully saturated rings. The van der Waals surface area contributed by atoms with E-state index in [-0.39, 0.29) is 24.4 Å². The SMILES string of the molecule is CC1CCCN(C(=O)Nc2ccn(CC(F)(F)F)n2)C1CO. The minimum absolute atomic E-state index is 0.0594. The molecule has 1 saturated heterocycles. The first-order valence-corrected chi connectivity index (χ1v) is 7.09. The van der Waals surface area contributed by atoms with Crippen molar-refractivity contribution >= 4 is 11.8 Å². The van der Waals surface area contributed by atoms with Crippen LogP contribution in [0.3, 0.4) is 0 Å². The Bertz CT molecular complexity index is 518. The molecule has 0 aromatic carbocycles. The van der Waals surface area contributed by atoms with Gasteiger partial charge < -0.3 is 10.0 Å². The van der Waals surface area contributed by atoms with E-state index >= 15 is 0 Å². The second-order valence-electron chi connectivity index (χ2n) is 5.51. The van der Waals surface area contributed by atoms with Gasteiger partial charge in [0.05, 0.1) is 12.6 Å². The Morgan fingerprint density at radius 3 is 2.91 bits per heavy atom. The molecule has 0 bridgehead atoms. The number of halogens is 3. The number of alkyl halides is 3. The summed E-state index contributed by atoms with van der Waals surface area (Å²) in [7, 11) is 0. The fourth-order valence-corrected chi connectivity index (χ4v) is 2.66. The fraction of sp³-hybridized carbons (Fsp3) is 0.692. The number of aliphatic hydroxyl groups excluding tert-OH is 1. The van der Waals surface area contributed by atoms with Crippen molar-refractivity contribution in [3.05, 3.63) is 12.3 Å². The van der Waals surface area contributed by atoms with Crippen LogP contribution in [0.5, 0.6) is 0 Å². The van der Waals surface area contributed by atoms with Gasteiger partial charge in [-0.3, -0.25) is 10.00 Å². The number of nitrogens with one attached hydrogen (secondary N) is 1. The lowest BCUT2D eigenvalue weighted by molar-refractivity contribution is -0.142. The summed E-state index contributed by atoms with van der Waals surface area (Å²) in [5, 5.41) is 15.6. The summed E-state index contributed by atoms with van der Waals surface area (Å²) < 4.78 is 37.5. The van der Waals surface area contributed by atoms with Crippen molar-refractivity contribution in [1.29, 1.82) is 0 Å². The summed E-state index contributed by atoms with van der Waals surface area (Å²) in [6.07, 6.45) is -1.45. The van der Waals surface area contributed by atoms with Gasteiger partial charge in [0.15, 0.2) is 5.82 Å². The monoisotopic (exact) mass is 320 g/mol. The van der Waals surface area contributed by atoms with Crippen LogP contribution in [0.1, 0.15) is 19.8 Å². The number of likely N-dealkylation sites (tertiary alicyclic amines) is 1. The van der Waals surface area contributed by atoms with Crippen molar-refractivity contribution in [2.24, 2.45) is 5.92 Å². The van der Waals surface area contributed by atoms with Crippen LogP contribution < -0.4 is 5.32 Å². The first-order valence-electron chi connectivity index (χ1n) is 7.09. The summed E-state index contributed by atoms with van der Waals surface area (Å²) in [6, 6.07) is 0.569. The molecule has 2 heterocycles. The van der Waals surface area contributed by atoms with Gasteiger partial charge in [-0.1, -0.05) is 6.92 Å². The van der Waals surface area contributed by atoms with E-state index in [1.54, 1.807) is 0 Å². The number of hydrogen-bond donors (Lipinski definition) is 2. The minimum atomic E-state index is -4.36. The van der Waals surface area contributed by atoms with Gasteiger partial charge in [0.25, 0.3) is 0 Å². The lowest BCUT2D eigenvalue weighted by Crippen LogP contribution is -2.51. The van der Waals surface area contributed by atoms with Crippen molar-refractivity contribution < 1.29 is 23.1 Å². The normalized spacial score (nSPS) is 22.7. The molecule has 2 unspecified atom stereocenters. The number of urea groups is 1. The number of rotatable bonds is 3. The Kier molecular flexibility index (Phi) is 4.94. The van der Waals surface area contributed by atoms with Crippen molar-refractivity contribution in [1.82, 2.24) is 14.7 Å². The Morgan fingerprint density at radius 1 is 1.55 bits per heavy atom. The molecule has 0 saturated carbocycles. The molecule has 1 aromatic rings. The van der Waals surface area contributed by atoms with Gasteiger partial charge in [0.1, 0.15) is 6.54 Å². The van der Waals surface area contributed by atoms with Crippen molar-refractivity contribution in [2.45, 2.75) is 38.5 Å². The third-order valence-corrected chi connectivity index (χ3v) is 3.78. The van der Waals surface area contributed by atoms with Crippen LogP contribution in [0.2, 0.25) is 0 Å². The molecule has 2 atom stereocenters. The standard InChI is InChI=1S/C13H19F3N4O2/c1-9-3-2-5-20(10(9)7-21)12(22)17-11-4-6-19(18-11)8-13(14,15)16/h4,6,9-10,21H,2-3,5,7-8H2,1H3,(H,17,18,22). The highest BCUT2D eigenvalue weighted by Crippen LogP contribution is 2.24. The van der Waals surface area contributed by atoms with Gasteiger partial charge in [-0.2, -0.15) is 18.3 Å². The molecule has 1 aliphatic heterocycles. The molecule has 1 aliphatic rings. The second-order valence-corrected chi connectivity index (χ2v) is 5.51. The predicted molar refractivity (Wildman–Crippen MR) is 73.3 cm³/mol. The summed E-state index contributed by atoms with van der Waals surface area (Å²) in [6.45, 7) is 1.11. The quantitative estimate of drug-likeness (QED) is 0.896. The molecule has 124 valence electrons. The first-order chi connectivity index (χ1) is 10.3. The van der Waals surface area contributed by atoms with Crippen LogP contribution in [0.15, 0.2) is 12.3 Å². The van der Waals surface area contributed by atoms with Gasteiger partial charge in [-0.05, 0) is 18.8 Å². The Hall–Kier alpha value is -1.77. The van der Waals surface area contributed by atoms with E-state index in [9.17, 15) is 23.1 Å². The lowest BCUT2D eigenvalue weighted by atomic mass is 9.91. The molecule has 2 N–H and O–H groups in total. The van der Waals surface area contributed by atoms with Crippen LogP contribution in [0.25, 0.3) is 0 Å². The lowest BCUT2D eigenvalue weighted by Gasteiger charge is -2.38. The van der Waals surface area contributed by atoms with Crippen LogP contribution >= 0.6 is 0 Å². The highest BCUT2D eigenvalue weighted by molar-refractivity contribution is 5.88. The topological polar surface area (TPSA) is 70.4 Å². The average Bonchev–Trinajstić information content (AvgIpc) is 2.83. The van der Waals surface area contributed by atoms with Crippen LogP contribution in [0, 0.1) is 5.92 Å². The summed E-state index contributed by atoms with van der Waals surface area (Å²) >= 11 is 0. The summed E-state index contributed by atoms with van der Waals surface area (Å²) in [4.78, 5) is 13.7. The number of amides is 2. The van der Waals surface area contributed by atoms with Gasteiger partial charge >= 0.3 is 12.2 Å². The van der Waals surface area contributed by atoms with Crippen LogP contribution in [-0.2, 0) is 6.54 Å². The van der Waals surface area contributed by atoms with E-state index in [1.165, 1.54) is 11.0 Å². The first kappa shape index (κ1) is 16.6. The molecule has 22 heavy (non-hydrogen) atoms. The zero-order chi connectivity index (χ0) is 16.3. The molecule has 1 aromatic heterocycles. The number of carbonyl (C=O) groups excluding carboxylic acids is 1. The third-order valence-electron chi connectivity index (χ3n) is 3.78. The number of aromatic nitrogens is 2. The summed E-state index contributed by atoms with van der Waals surface area (Å²) in [5.41, 5.74) is 0. The summed E-state index contributed by atoms with van der Waals surface area (Å²) in [5.74, 6) is 0.233. The Balaban J connectivity index is 1.99. The van der Waals surface area contributed by atoms with Crippen molar-refractivity contribution in [3.63, 3.8) is 0 Å². The number of carbonyl (C=O) groups is 1. The maximum Gasteiger partial charge on any atom is 0.408 e. The van der Waals surface area contributed by atoms with Crippen LogP contribution in [-0.4, -0.2) is 51.2 Å². The smallest absolute Gasteiger partial charge is 0.394 e. The van der Waals surface area contributed by atoms with Gasteiger partial charge in [-0.25, -0.2) is 4.79 Å². The number of hydrogen-bond acceptors (Lipinski definition) is 3. The Labute approximate surface area is 125 Å². The molecule has 6 nitrogen and oxygen atoms in total. The van der Waals surface area contributed by atoms with E-state index in [0.717, 1.165) is 23.7 Å². The molecule has 2 amide bonds. The van der Waals surface area contributed by atoms with E-state index in [1.807, 2.05) is 6.92 Å².